The molecule has 4 heteroatoms. The number of Topliss-reactive ketones (excluding diaryl/α,β-unsaturated/α-hetero) is 1. The molecule has 1 aromatic heterocycles. The Bertz CT molecular complexity index is 347. The summed E-state index contributed by atoms with van der Waals surface area (Å²) in [7, 11) is 1.52. The van der Waals surface area contributed by atoms with Gasteiger partial charge in [-0.3, -0.25) is 9.59 Å². The first-order chi connectivity index (χ1) is 6.15. The molecule has 0 aliphatic carbocycles. The quantitative estimate of drug-likeness (QED) is 0.676. The van der Waals surface area contributed by atoms with Gasteiger partial charge in [-0.15, -0.1) is 0 Å². The van der Waals surface area contributed by atoms with Gasteiger partial charge in [-0.25, -0.2) is 4.98 Å². The summed E-state index contributed by atoms with van der Waals surface area (Å²) in [6, 6.07) is 4.77. The minimum Gasteiger partial charge on any atom is -0.354 e. The van der Waals surface area contributed by atoms with E-state index in [4.69, 9.17) is 0 Å². The van der Waals surface area contributed by atoms with E-state index in [9.17, 15) is 9.59 Å². The van der Waals surface area contributed by atoms with Crippen LogP contribution in [-0.4, -0.2) is 23.7 Å². The van der Waals surface area contributed by atoms with Crippen LogP contribution in [0.3, 0.4) is 0 Å². The van der Waals surface area contributed by atoms with Crippen LogP contribution in [-0.2, 0) is 0 Å². The Kier molecular flexibility index (Phi) is 2.74. The summed E-state index contributed by atoms with van der Waals surface area (Å²) in [5, 5.41) is 2.43. The van der Waals surface area contributed by atoms with Gasteiger partial charge in [-0.1, -0.05) is 6.07 Å². The van der Waals surface area contributed by atoms with Crippen LogP contribution in [0.1, 0.15) is 27.9 Å². The lowest BCUT2D eigenvalue weighted by molar-refractivity contribution is 0.0958. The Morgan fingerprint density at radius 3 is 2.46 bits per heavy atom. The molecule has 0 aromatic carbocycles. The van der Waals surface area contributed by atoms with Gasteiger partial charge in [0.2, 0.25) is 0 Å². The van der Waals surface area contributed by atoms with Gasteiger partial charge in [-0.2, -0.15) is 0 Å². The van der Waals surface area contributed by atoms with Crippen molar-refractivity contribution in [1.29, 1.82) is 0 Å². The molecule has 0 aliphatic heterocycles. The molecule has 0 saturated carbocycles. The van der Waals surface area contributed by atoms with Crippen molar-refractivity contribution in [2.24, 2.45) is 0 Å². The zero-order valence-corrected chi connectivity index (χ0v) is 7.50. The van der Waals surface area contributed by atoms with Crippen molar-refractivity contribution in [3.63, 3.8) is 0 Å². The highest BCUT2D eigenvalue weighted by molar-refractivity contribution is 5.96. The highest BCUT2D eigenvalue weighted by atomic mass is 16.2. The molecule has 0 fully saturated rings. The third-order valence-electron chi connectivity index (χ3n) is 1.57. The fourth-order valence-corrected chi connectivity index (χ4v) is 0.885. The van der Waals surface area contributed by atoms with E-state index in [1.807, 2.05) is 0 Å². The molecule has 0 unspecified atom stereocenters. The number of nitrogens with one attached hydrogen (secondary N) is 1. The number of carbonyl (C=O) groups is 2. The largest absolute Gasteiger partial charge is 0.354 e. The number of pyridine rings is 1. The molecule has 0 spiro atoms. The summed E-state index contributed by atoms with van der Waals surface area (Å²) in [5.41, 5.74) is 0.566. The molecule has 1 amide bonds. The summed E-state index contributed by atoms with van der Waals surface area (Å²) < 4.78 is 0. The zero-order valence-electron chi connectivity index (χ0n) is 7.50. The molecule has 1 aromatic rings. The summed E-state index contributed by atoms with van der Waals surface area (Å²) >= 11 is 0. The van der Waals surface area contributed by atoms with Gasteiger partial charge in [0, 0.05) is 14.0 Å². The van der Waals surface area contributed by atoms with Gasteiger partial charge in [0.25, 0.3) is 5.91 Å². The molecular formula is C9H10N2O2. The normalized spacial score (nSPS) is 9.38. The topological polar surface area (TPSA) is 59.1 Å². The molecular weight excluding hydrogens is 168 g/mol. The number of carbonyl (C=O) groups excluding carboxylic acids is 2. The van der Waals surface area contributed by atoms with E-state index >= 15 is 0 Å². The third kappa shape index (κ3) is 2.11. The molecule has 0 saturated heterocycles. The van der Waals surface area contributed by atoms with Crippen molar-refractivity contribution in [3.8, 4) is 0 Å². The fourth-order valence-electron chi connectivity index (χ4n) is 0.885. The summed E-state index contributed by atoms with van der Waals surface area (Å²) in [5.74, 6) is -0.436. The standard InChI is InChI=1S/C9H10N2O2/c1-6(12)7-4-3-5-8(11-7)9(13)10-2/h3-5H,1-2H3,(H,10,13). The minimum absolute atomic E-state index is 0.147. The van der Waals surface area contributed by atoms with Crippen LogP contribution in [0.2, 0.25) is 0 Å². The molecule has 1 heterocycles. The number of nitrogens with zero attached hydrogens (tertiary/aromatic N) is 1. The number of amides is 1. The van der Waals surface area contributed by atoms with E-state index in [-0.39, 0.29) is 17.4 Å². The molecule has 1 N–H and O–H groups in total. The van der Waals surface area contributed by atoms with Crippen molar-refractivity contribution < 1.29 is 9.59 Å². The zero-order chi connectivity index (χ0) is 9.84. The smallest absolute Gasteiger partial charge is 0.269 e. The number of hydrogen-bond donors (Lipinski definition) is 1. The first kappa shape index (κ1) is 9.38. The maximum atomic E-state index is 11.1. The molecule has 68 valence electrons. The van der Waals surface area contributed by atoms with Crippen molar-refractivity contribution in [2.75, 3.05) is 7.05 Å². The fraction of sp³-hybridized carbons (Fsp3) is 0.222. The van der Waals surface area contributed by atoms with Gasteiger partial charge < -0.3 is 5.32 Å². The highest BCUT2D eigenvalue weighted by Crippen LogP contribution is 1.99. The van der Waals surface area contributed by atoms with E-state index in [2.05, 4.69) is 10.3 Å². The Balaban J connectivity index is 3.05. The maximum Gasteiger partial charge on any atom is 0.269 e. The average Bonchev–Trinajstić information content (AvgIpc) is 2.17. The monoisotopic (exact) mass is 178 g/mol. The van der Waals surface area contributed by atoms with Crippen LogP contribution < -0.4 is 5.32 Å². The third-order valence-corrected chi connectivity index (χ3v) is 1.57. The van der Waals surface area contributed by atoms with Gasteiger partial charge in [0.05, 0.1) is 0 Å². The molecule has 0 atom stereocenters. The van der Waals surface area contributed by atoms with Gasteiger partial charge in [0.1, 0.15) is 11.4 Å². The lowest BCUT2D eigenvalue weighted by Crippen LogP contribution is -2.19. The number of ketones is 1. The molecule has 0 bridgehead atoms. The van der Waals surface area contributed by atoms with E-state index < -0.39 is 0 Å². The SMILES string of the molecule is CNC(=O)c1cccc(C(C)=O)n1. The van der Waals surface area contributed by atoms with E-state index in [1.54, 1.807) is 18.2 Å². The van der Waals surface area contributed by atoms with Gasteiger partial charge >= 0.3 is 0 Å². The Morgan fingerprint density at radius 1 is 1.31 bits per heavy atom. The Morgan fingerprint density at radius 2 is 1.92 bits per heavy atom. The lowest BCUT2D eigenvalue weighted by Gasteiger charge is -1.99. The maximum absolute atomic E-state index is 11.1. The van der Waals surface area contributed by atoms with E-state index in [0.717, 1.165) is 0 Å². The van der Waals surface area contributed by atoms with Crippen molar-refractivity contribution in [3.05, 3.63) is 29.6 Å². The second kappa shape index (κ2) is 3.80. The summed E-state index contributed by atoms with van der Waals surface area (Å²) in [6.45, 7) is 1.41. The van der Waals surface area contributed by atoms with Crippen LogP contribution in [0.25, 0.3) is 0 Å². The van der Waals surface area contributed by atoms with Crippen LogP contribution in [0.4, 0.5) is 0 Å². The first-order valence-corrected chi connectivity index (χ1v) is 3.85. The summed E-state index contributed by atoms with van der Waals surface area (Å²) in [6.07, 6.45) is 0. The van der Waals surface area contributed by atoms with Crippen LogP contribution >= 0.6 is 0 Å². The highest BCUT2D eigenvalue weighted by Gasteiger charge is 2.07. The van der Waals surface area contributed by atoms with Crippen LogP contribution in [0, 0.1) is 0 Å². The Labute approximate surface area is 76.0 Å². The van der Waals surface area contributed by atoms with Crippen LogP contribution in [0.15, 0.2) is 18.2 Å². The van der Waals surface area contributed by atoms with E-state index in [0.29, 0.717) is 5.69 Å². The van der Waals surface area contributed by atoms with Crippen molar-refractivity contribution >= 4 is 11.7 Å². The van der Waals surface area contributed by atoms with Gasteiger partial charge in [0.15, 0.2) is 5.78 Å². The molecule has 0 aliphatic rings. The first-order valence-electron chi connectivity index (χ1n) is 3.85. The molecule has 13 heavy (non-hydrogen) atoms. The second-order valence-corrected chi connectivity index (χ2v) is 2.54. The van der Waals surface area contributed by atoms with Crippen LogP contribution in [0.5, 0.6) is 0 Å². The lowest BCUT2D eigenvalue weighted by atomic mass is 10.2. The predicted molar refractivity (Wildman–Crippen MR) is 47.6 cm³/mol. The Hall–Kier alpha value is -1.71. The second-order valence-electron chi connectivity index (χ2n) is 2.54. The minimum atomic E-state index is -0.289. The molecule has 0 radical (unpaired) electrons. The number of hydrogen-bond acceptors (Lipinski definition) is 3. The van der Waals surface area contributed by atoms with Crippen molar-refractivity contribution in [2.45, 2.75) is 6.92 Å². The predicted octanol–water partition coefficient (Wildman–Crippen LogP) is 0.644. The van der Waals surface area contributed by atoms with Crippen molar-refractivity contribution in [1.82, 2.24) is 10.3 Å². The number of aromatic nitrogens is 1. The van der Waals surface area contributed by atoms with Gasteiger partial charge in [-0.05, 0) is 12.1 Å². The molecule has 4 nitrogen and oxygen atoms in total. The number of rotatable bonds is 2. The van der Waals surface area contributed by atoms with E-state index in [1.165, 1.54) is 14.0 Å². The average molecular weight is 178 g/mol. The summed E-state index contributed by atoms with van der Waals surface area (Å²) in [4.78, 5) is 25.9. The molecule has 1 rings (SSSR count).